The van der Waals surface area contributed by atoms with Crippen LogP contribution >= 0.6 is 0 Å². The number of hydrogen-bond donors (Lipinski definition) is 3. The summed E-state index contributed by atoms with van der Waals surface area (Å²) in [4.78, 5) is 23.5. The maximum atomic E-state index is 12.8. The lowest BCUT2D eigenvalue weighted by Gasteiger charge is -2.07. The van der Waals surface area contributed by atoms with E-state index in [9.17, 15) is 22.4 Å². The Morgan fingerprint density at radius 1 is 0.962 bits per heavy atom. The van der Waals surface area contributed by atoms with Gasteiger partial charge in [0.15, 0.2) is 0 Å². The molecule has 2 amide bonds. The van der Waals surface area contributed by atoms with Crippen LogP contribution in [0.2, 0.25) is 0 Å². The molecule has 0 spiro atoms. The predicted octanol–water partition coefficient (Wildman–Crippen LogP) is 0.562. The number of primary sulfonamides is 1. The first kappa shape index (κ1) is 19.5. The number of benzene rings is 2. The average molecular weight is 379 g/mol. The Kier molecular flexibility index (Phi) is 6.42. The lowest BCUT2D eigenvalue weighted by molar-refractivity contribution is -0.120. The Balaban J connectivity index is 1.73. The van der Waals surface area contributed by atoms with E-state index in [2.05, 4.69) is 10.6 Å². The van der Waals surface area contributed by atoms with Gasteiger partial charge in [0, 0.05) is 12.1 Å². The smallest absolute Gasteiger partial charge is 0.251 e. The first-order chi connectivity index (χ1) is 12.3. The molecule has 0 radical (unpaired) electrons. The molecule has 0 heterocycles. The van der Waals surface area contributed by atoms with Crippen molar-refractivity contribution >= 4 is 21.8 Å². The van der Waals surface area contributed by atoms with E-state index in [1.807, 2.05) is 0 Å². The van der Waals surface area contributed by atoms with E-state index in [1.54, 1.807) is 12.1 Å². The van der Waals surface area contributed by atoms with Gasteiger partial charge in [-0.15, -0.1) is 0 Å². The van der Waals surface area contributed by atoms with E-state index in [4.69, 9.17) is 5.14 Å². The highest BCUT2D eigenvalue weighted by Crippen LogP contribution is 2.08. The van der Waals surface area contributed by atoms with E-state index in [1.165, 1.54) is 24.3 Å². The normalized spacial score (nSPS) is 11.0. The zero-order valence-corrected chi connectivity index (χ0v) is 14.6. The van der Waals surface area contributed by atoms with Crippen LogP contribution in [0.4, 0.5) is 4.39 Å². The summed E-state index contributed by atoms with van der Waals surface area (Å²) >= 11 is 0. The van der Waals surface area contributed by atoms with E-state index in [-0.39, 0.29) is 22.9 Å². The lowest BCUT2D eigenvalue weighted by Crippen LogP contribution is -2.37. The Hall–Kier alpha value is -2.78. The molecule has 9 heteroatoms. The third kappa shape index (κ3) is 5.94. The summed E-state index contributed by atoms with van der Waals surface area (Å²) in [5, 5.41) is 10.1. The summed E-state index contributed by atoms with van der Waals surface area (Å²) in [5.41, 5.74) is 1.09. The van der Waals surface area contributed by atoms with Crippen LogP contribution in [0.15, 0.2) is 53.4 Å². The van der Waals surface area contributed by atoms with Crippen molar-refractivity contribution in [2.24, 2.45) is 5.14 Å². The number of nitrogens with two attached hydrogens (primary N) is 1. The molecular formula is C17H18FN3O4S. The number of carbonyl (C=O) groups is 2. The van der Waals surface area contributed by atoms with Gasteiger partial charge in [-0.2, -0.15) is 0 Å². The molecule has 0 saturated carbocycles. The van der Waals surface area contributed by atoms with Crippen LogP contribution in [0.1, 0.15) is 15.9 Å². The molecule has 26 heavy (non-hydrogen) atoms. The largest absolute Gasteiger partial charge is 0.354 e. The number of hydrogen-bond acceptors (Lipinski definition) is 4. The van der Waals surface area contributed by atoms with Gasteiger partial charge < -0.3 is 10.6 Å². The molecule has 0 fully saturated rings. The van der Waals surface area contributed by atoms with Crippen LogP contribution in [0.25, 0.3) is 0 Å². The van der Waals surface area contributed by atoms with Crippen molar-refractivity contribution in [1.29, 1.82) is 0 Å². The minimum absolute atomic E-state index is 0.0220. The van der Waals surface area contributed by atoms with Crippen molar-refractivity contribution in [2.45, 2.75) is 11.3 Å². The monoisotopic (exact) mass is 379 g/mol. The van der Waals surface area contributed by atoms with Crippen LogP contribution in [-0.4, -0.2) is 33.3 Å². The second-order valence-corrected chi connectivity index (χ2v) is 7.04. The third-order valence-corrected chi connectivity index (χ3v) is 4.43. The molecule has 0 aliphatic heterocycles. The third-order valence-electron chi connectivity index (χ3n) is 3.50. The first-order valence-corrected chi connectivity index (χ1v) is 9.22. The van der Waals surface area contributed by atoms with Crippen molar-refractivity contribution in [3.63, 3.8) is 0 Å². The van der Waals surface area contributed by atoms with E-state index < -0.39 is 21.7 Å². The Morgan fingerprint density at radius 2 is 1.58 bits per heavy atom. The van der Waals surface area contributed by atoms with E-state index in [0.29, 0.717) is 13.0 Å². The number of halogens is 1. The second-order valence-electron chi connectivity index (χ2n) is 5.48. The van der Waals surface area contributed by atoms with Crippen LogP contribution < -0.4 is 15.8 Å². The SMILES string of the molecule is NS(=O)(=O)c1ccc(CCNC(=O)CNC(=O)c2ccc(F)cc2)cc1. The minimum Gasteiger partial charge on any atom is -0.354 e. The Bertz CT molecular complexity index is 881. The van der Waals surface area contributed by atoms with Crippen molar-refractivity contribution in [3.05, 3.63) is 65.5 Å². The highest BCUT2D eigenvalue weighted by atomic mass is 32.2. The second kappa shape index (κ2) is 8.54. The maximum Gasteiger partial charge on any atom is 0.251 e. The first-order valence-electron chi connectivity index (χ1n) is 7.68. The maximum absolute atomic E-state index is 12.8. The van der Waals surface area contributed by atoms with Crippen molar-refractivity contribution in [1.82, 2.24) is 10.6 Å². The summed E-state index contributed by atoms with van der Waals surface area (Å²) in [5.74, 6) is -1.29. The van der Waals surface area contributed by atoms with Gasteiger partial charge in [0.1, 0.15) is 5.82 Å². The summed E-state index contributed by atoms with van der Waals surface area (Å²) in [6.07, 6.45) is 0.489. The van der Waals surface area contributed by atoms with Crippen LogP contribution in [0.5, 0.6) is 0 Å². The van der Waals surface area contributed by atoms with Gasteiger partial charge in [-0.1, -0.05) is 12.1 Å². The van der Waals surface area contributed by atoms with Crippen molar-refractivity contribution in [3.8, 4) is 0 Å². The standard InChI is InChI=1S/C17H18FN3O4S/c18-14-5-3-13(4-6-14)17(23)21-11-16(22)20-10-9-12-1-7-15(8-2-12)26(19,24)25/h1-8H,9-11H2,(H,20,22)(H,21,23)(H2,19,24,25). The predicted molar refractivity (Wildman–Crippen MR) is 93.3 cm³/mol. The van der Waals surface area contributed by atoms with Gasteiger partial charge >= 0.3 is 0 Å². The molecule has 0 saturated heterocycles. The van der Waals surface area contributed by atoms with E-state index in [0.717, 1.165) is 17.7 Å². The van der Waals surface area contributed by atoms with Gasteiger partial charge in [0.25, 0.3) is 5.91 Å². The quantitative estimate of drug-likeness (QED) is 0.651. The van der Waals surface area contributed by atoms with Gasteiger partial charge in [-0.05, 0) is 48.4 Å². The fourth-order valence-electron chi connectivity index (χ4n) is 2.12. The number of carbonyl (C=O) groups excluding carboxylic acids is 2. The molecule has 138 valence electrons. The summed E-state index contributed by atoms with van der Waals surface area (Å²) in [6, 6.07) is 11.0. The highest BCUT2D eigenvalue weighted by molar-refractivity contribution is 7.89. The van der Waals surface area contributed by atoms with Gasteiger partial charge in [-0.3, -0.25) is 9.59 Å². The molecule has 2 aromatic rings. The molecule has 2 rings (SSSR count). The van der Waals surface area contributed by atoms with Crippen molar-refractivity contribution < 1.29 is 22.4 Å². The molecule has 0 unspecified atom stereocenters. The zero-order chi connectivity index (χ0) is 19.2. The highest BCUT2D eigenvalue weighted by Gasteiger charge is 2.09. The lowest BCUT2D eigenvalue weighted by atomic mass is 10.1. The fraction of sp³-hybridized carbons (Fsp3) is 0.176. The molecule has 0 aromatic heterocycles. The number of amides is 2. The van der Waals surface area contributed by atoms with Gasteiger partial charge in [0.05, 0.1) is 11.4 Å². The molecule has 2 aromatic carbocycles. The molecule has 0 aliphatic rings. The number of nitrogens with one attached hydrogen (secondary N) is 2. The van der Waals surface area contributed by atoms with Gasteiger partial charge in [-0.25, -0.2) is 17.9 Å². The Morgan fingerprint density at radius 3 is 2.15 bits per heavy atom. The molecule has 4 N–H and O–H groups in total. The number of sulfonamides is 1. The van der Waals surface area contributed by atoms with Crippen molar-refractivity contribution in [2.75, 3.05) is 13.1 Å². The molecule has 0 atom stereocenters. The molecule has 0 bridgehead atoms. The molecule has 7 nitrogen and oxygen atoms in total. The molecule has 0 aliphatic carbocycles. The topological polar surface area (TPSA) is 118 Å². The molecular weight excluding hydrogens is 361 g/mol. The zero-order valence-electron chi connectivity index (χ0n) is 13.7. The fourth-order valence-corrected chi connectivity index (χ4v) is 2.63. The van der Waals surface area contributed by atoms with Gasteiger partial charge in [0.2, 0.25) is 15.9 Å². The van der Waals surface area contributed by atoms with Crippen LogP contribution in [0.3, 0.4) is 0 Å². The van der Waals surface area contributed by atoms with Crippen LogP contribution in [0, 0.1) is 5.82 Å². The summed E-state index contributed by atoms with van der Waals surface area (Å²) < 4.78 is 35.1. The Labute approximate surface area is 150 Å². The summed E-state index contributed by atoms with van der Waals surface area (Å²) in [7, 11) is -3.73. The van der Waals surface area contributed by atoms with E-state index >= 15 is 0 Å². The summed E-state index contributed by atoms with van der Waals surface area (Å²) in [6.45, 7) is 0.112. The number of rotatable bonds is 7. The average Bonchev–Trinajstić information content (AvgIpc) is 2.60. The van der Waals surface area contributed by atoms with Crippen LogP contribution in [-0.2, 0) is 21.2 Å². The minimum atomic E-state index is -3.73.